The molecule has 3 saturated carbocycles. The van der Waals surface area contributed by atoms with E-state index in [1.165, 1.54) is 25.7 Å². The van der Waals surface area contributed by atoms with Crippen LogP contribution in [-0.2, 0) is 0 Å². The first-order valence-corrected chi connectivity index (χ1v) is 5.07. The summed E-state index contributed by atoms with van der Waals surface area (Å²) in [7, 11) is 0. The average Bonchev–Trinajstić information content (AvgIpc) is 2.29. The van der Waals surface area contributed by atoms with E-state index in [9.17, 15) is 0 Å². The van der Waals surface area contributed by atoms with Crippen molar-refractivity contribution in [2.24, 2.45) is 28.8 Å². The zero-order chi connectivity index (χ0) is 8.13. The summed E-state index contributed by atoms with van der Waals surface area (Å²) < 4.78 is 0. The molecule has 0 aromatic rings. The Bertz CT molecular complexity index is 234. The first-order chi connectivity index (χ1) is 5.86. The second-order valence-corrected chi connectivity index (χ2v) is 4.84. The molecule has 2 heteroatoms. The van der Waals surface area contributed by atoms with Crippen molar-refractivity contribution >= 4 is 5.71 Å². The van der Waals surface area contributed by atoms with Crippen molar-refractivity contribution in [1.82, 2.24) is 0 Å². The topological polar surface area (TPSA) is 32.6 Å². The predicted octanol–water partition coefficient (Wildman–Crippen LogP) is 2.27. The summed E-state index contributed by atoms with van der Waals surface area (Å²) in [6, 6.07) is 0. The molecule has 0 heterocycles. The van der Waals surface area contributed by atoms with Crippen molar-refractivity contribution in [2.45, 2.75) is 32.1 Å². The maximum Gasteiger partial charge on any atom is 0.0607 e. The minimum absolute atomic E-state index is 0.666. The van der Waals surface area contributed by atoms with Crippen LogP contribution in [0.1, 0.15) is 32.1 Å². The molecule has 2 nitrogen and oxygen atoms in total. The highest BCUT2D eigenvalue weighted by molar-refractivity contribution is 5.88. The van der Waals surface area contributed by atoms with Crippen molar-refractivity contribution in [3.63, 3.8) is 0 Å². The van der Waals surface area contributed by atoms with Crippen LogP contribution in [0.4, 0.5) is 0 Å². The van der Waals surface area contributed by atoms with Gasteiger partial charge < -0.3 is 5.21 Å². The molecule has 3 aliphatic carbocycles. The van der Waals surface area contributed by atoms with Gasteiger partial charge in [-0.25, -0.2) is 0 Å². The highest BCUT2D eigenvalue weighted by atomic mass is 16.4. The third-order valence-electron chi connectivity index (χ3n) is 4.15. The molecule has 0 aromatic heterocycles. The normalized spacial score (nSPS) is 53.5. The van der Waals surface area contributed by atoms with Crippen LogP contribution >= 0.6 is 0 Å². The van der Waals surface area contributed by atoms with E-state index in [2.05, 4.69) is 5.16 Å². The first-order valence-electron chi connectivity index (χ1n) is 5.07. The number of oxime groups is 1. The van der Waals surface area contributed by atoms with Crippen molar-refractivity contribution in [1.29, 1.82) is 0 Å². The van der Waals surface area contributed by atoms with E-state index in [1.54, 1.807) is 0 Å². The number of hydrogen-bond acceptors (Lipinski definition) is 2. The second kappa shape index (κ2) is 2.24. The summed E-state index contributed by atoms with van der Waals surface area (Å²) in [4.78, 5) is 0. The molecule has 3 bridgehead atoms. The van der Waals surface area contributed by atoms with Gasteiger partial charge in [0.1, 0.15) is 0 Å². The molecule has 3 aliphatic rings. The molecule has 12 heavy (non-hydrogen) atoms. The van der Waals surface area contributed by atoms with Gasteiger partial charge in [0.15, 0.2) is 0 Å². The number of nitrogens with zero attached hydrogens (tertiary/aromatic N) is 1. The van der Waals surface area contributed by atoms with Crippen LogP contribution in [0, 0.1) is 23.7 Å². The van der Waals surface area contributed by atoms with E-state index in [1.807, 2.05) is 0 Å². The van der Waals surface area contributed by atoms with Gasteiger partial charge in [-0.05, 0) is 49.9 Å². The molecule has 0 spiro atoms. The molecule has 4 atom stereocenters. The quantitative estimate of drug-likeness (QED) is 0.433. The lowest BCUT2D eigenvalue weighted by molar-refractivity contribution is 0.232. The van der Waals surface area contributed by atoms with Gasteiger partial charge in [0.2, 0.25) is 0 Å². The molecular weight excluding hydrogens is 150 g/mol. The van der Waals surface area contributed by atoms with E-state index in [4.69, 9.17) is 5.21 Å². The Morgan fingerprint density at radius 1 is 1.08 bits per heavy atom. The van der Waals surface area contributed by atoms with Gasteiger partial charge in [-0.3, -0.25) is 0 Å². The van der Waals surface area contributed by atoms with Crippen LogP contribution in [-0.4, -0.2) is 10.9 Å². The van der Waals surface area contributed by atoms with Crippen molar-refractivity contribution in [3.05, 3.63) is 0 Å². The van der Waals surface area contributed by atoms with E-state index >= 15 is 0 Å². The SMILES string of the molecule is O/N=C1/C[C@@H]2C[C@H]3C[C@@H](C2)[C@H]1C3. The van der Waals surface area contributed by atoms with E-state index in [0.29, 0.717) is 5.92 Å². The van der Waals surface area contributed by atoms with E-state index in [-0.39, 0.29) is 0 Å². The molecule has 0 aromatic carbocycles. The maximum absolute atomic E-state index is 8.86. The Labute approximate surface area is 72.6 Å². The molecule has 0 unspecified atom stereocenters. The fourth-order valence-electron chi connectivity index (χ4n) is 3.83. The van der Waals surface area contributed by atoms with Crippen LogP contribution < -0.4 is 0 Å². The first kappa shape index (κ1) is 6.93. The van der Waals surface area contributed by atoms with Crippen molar-refractivity contribution in [3.8, 4) is 0 Å². The molecule has 3 fully saturated rings. The van der Waals surface area contributed by atoms with Gasteiger partial charge >= 0.3 is 0 Å². The Balaban J connectivity index is 1.98. The van der Waals surface area contributed by atoms with Crippen LogP contribution in [0.5, 0.6) is 0 Å². The average molecular weight is 165 g/mol. The standard InChI is InChI=1S/C10H15NO/c12-11-10-5-7-1-6-2-8(3-7)9(10)4-6/h6-9,12H,1-5H2/b11-10-/t6-,7+,8-,9+/m0/s1. The molecule has 1 N–H and O–H groups in total. The van der Waals surface area contributed by atoms with Crippen molar-refractivity contribution in [2.75, 3.05) is 0 Å². The van der Waals surface area contributed by atoms with Crippen LogP contribution in [0.15, 0.2) is 5.16 Å². The van der Waals surface area contributed by atoms with Gasteiger partial charge in [0.05, 0.1) is 5.71 Å². The summed E-state index contributed by atoms with van der Waals surface area (Å²) >= 11 is 0. The molecule has 0 amide bonds. The third-order valence-corrected chi connectivity index (χ3v) is 4.15. The largest absolute Gasteiger partial charge is 0.411 e. The minimum Gasteiger partial charge on any atom is -0.411 e. The van der Waals surface area contributed by atoms with Gasteiger partial charge in [0.25, 0.3) is 0 Å². The monoisotopic (exact) mass is 165 g/mol. The Morgan fingerprint density at radius 3 is 2.75 bits per heavy atom. The maximum atomic E-state index is 8.86. The van der Waals surface area contributed by atoms with Gasteiger partial charge in [-0.2, -0.15) is 0 Å². The fourth-order valence-corrected chi connectivity index (χ4v) is 3.83. The highest BCUT2D eigenvalue weighted by Gasteiger charge is 2.47. The summed E-state index contributed by atoms with van der Waals surface area (Å²) in [6.07, 6.45) is 6.65. The Morgan fingerprint density at radius 2 is 1.92 bits per heavy atom. The lowest BCUT2D eigenvalue weighted by Gasteiger charge is -2.34. The summed E-state index contributed by atoms with van der Waals surface area (Å²) in [6.45, 7) is 0. The van der Waals surface area contributed by atoms with E-state index in [0.717, 1.165) is 29.9 Å². The predicted molar refractivity (Wildman–Crippen MR) is 46.3 cm³/mol. The molecule has 66 valence electrons. The number of hydrogen-bond donors (Lipinski definition) is 1. The molecule has 0 aliphatic heterocycles. The second-order valence-electron chi connectivity index (χ2n) is 4.84. The number of rotatable bonds is 0. The molecular formula is C10H15NO. The smallest absolute Gasteiger partial charge is 0.0607 e. The van der Waals surface area contributed by atoms with Crippen LogP contribution in [0.3, 0.4) is 0 Å². The van der Waals surface area contributed by atoms with Crippen molar-refractivity contribution < 1.29 is 5.21 Å². The van der Waals surface area contributed by atoms with Gasteiger partial charge in [-0.1, -0.05) is 5.16 Å². The fraction of sp³-hybridized carbons (Fsp3) is 0.900. The van der Waals surface area contributed by atoms with Gasteiger partial charge in [0, 0.05) is 5.92 Å². The Kier molecular flexibility index (Phi) is 1.29. The Hall–Kier alpha value is -0.530. The number of fused-ring (bicyclic) bond motifs is 2. The molecule has 3 rings (SSSR count). The summed E-state index contributed by atoms with van der Waals surface area (Å²) in [5.74, 6) is 3.38. The highest BCUT2D eigenvalue weighted by Crippen LogP contribution is 2.53. The zero-order valence-electron chi connectivity index (χ0n) is 7.24. The summed E-state index contributed by atoms with van der Waals surface area (Å²) in [5, 5.41) is 12.3. The molecule has 0 radical (unpaired) electrons. The van der Waals surface area contributed by atoms with Crippen LogP contribution in [0.2, 0.25) is 0 Å². The van der Waals surface area contributed by atoms with Crippen LogP contribution in [0.25, 0.3) is 0 Å². The van der Waals surface area contributed by atoms with Gasteiger partial charge in [-0.15, -0.1) is 0 Å². The van der Waals surface area contributed by atoms with E-state index < -0.39 is 0 Å². The lowest BCUT2D eigenvalue weighted by atomic mass is 9.71. The lowest BCUT2D eigenvalue weighted by Crippen LogP contribution is -2.30. The molecule has 0 saturated heterocycles. The third kappa shape index (κ3) is 0.782. The minimum atomic E-state index is 0.666. The zero-order valence-corrected chi connectivity index (χ0v) is 7.24. The summed E-state index contributed by atoms with van der Waals surface area (Å²) in [5.41, 5.74) is 1.12.